The smallest absolute Gasteiger partial charge is 0.196 e. The van der Waals surface area contributed by atoms with Gasteiger partial charge in [0.1, 0.15) is 5.75 Å². The van der Waals surface area contributed by atoms with Gasteiger partial charge in [-0.25, -0.2) is 8.42 Å². The van der Waals surface area contributed by atoms with Crippen LogP contribution in [0.1, 0.15) is 5.56 Å². The average Bonchev–Trinajstić information content (AvgIpc) is 2.73. The summed E-state index contributed by atoms with van der Waals surface area (Å²) in [4.78, 5) is 14.5. The second kappa shape index (κ2) is 8.11. The maximum Gasteiger partial charge on any atom is 0.196 e. The van der Waals surface area contributed by atoms with Crippen molar-refractivity contribution in [3.05, 3.63) is 81.5 Å². The van der Waals surface area contributed by atoms with Crippen molar-refractivity contribution in [3.63, 3.8) is 0 Å². The number of methoxy groups -OCH3 is 1. The summed E-state index contributed by atoms with van der Waals surface area (Å²) in [6, 6.07) is 17.7. The predicted octanol–water partition coefficient (Wildman–Crippen LogP) is 5.97. The number of aryl methyl sites for hydroxylation is 1. The number of ether oxygens (including phenoxy) is 1. The first kappa shape index (κ1) is 21.6. The summed E-state index contributed by atoms with van der Waals surface area (Å²) in [5, 5.41) is 1.05. The molecule has 4 rings (SSSR count). The Bertz CT molecular complexity index is 1450. The van der Waals surface area contributed by atoms with Crippen LogP contribution in [0.15, 0.2) is 70.4 Å². The molecule has 0 N–H and O–H groups in total. The van der Waals surface area contributed by atoms with Crippen molar-refractivity contribution in [3.8, 4) is 27.3 Å². The molecule has 1 aromatic heterocycles. The highest BCUT2D eigenvalue weighted by Gasteiger charge is 2.19. The minimum absolute atomic E-state index is 0.0998. The molecule has 4 aromatic rings. The van der Waals surface area contributed by atoms with Gasteiger partial charge in [0.25, 0.3) is 0 Å². The van der Waals surface area contributed by atoms with Crippen molar-refractivity contribution in [1.29, 1.82) is 0 Å². The van der Waals surface area contributed by atoms with Crippen LogP contribution in [0.4, 0.5) is 0 Å². The minimum atomic E-state index is -3.32. The number of sulfone groups is 1. The van der Waals surface area contributed by atoms with Gasteiger partial charge in [0, 0.05) is 26.8 Å². The summed E-state index contributed by atoms with van der Waals surface area (Å²) < 4.78 is 29.9. The molecule has 31 heavy (non-hydrogen) atoms. The second-order valence-corrected chi connectivity index (χ2v) is 10.7. The summed E-state index contributed by atoms with van der Waals surface area (Å²) >= 11 is 7.92. The zero-order chi connectivity index (χ0) is 22.3. The van der Waals surface area contributed by atoms with Crippen molar-refractivity contribution in [2.75, 3.05) is 13.4 Å². The molecule has 158 valence electrons. The quantitative estimate of drug-likeness (QED) is 0.368. The van der Waals surface area contributed by atoms with E-state index in [2.05, 4.69) is 0 Å². The molecular formula is C24H19ClO4S2. The molecule has 0 atom stereocenters. The Morgan fingerprint density at radius 2 is 1.65 bits per heavy atom. The van der Waals surface area contributed by atoms with E-state index >= 15 is 0 Å². The third-order valence-corrected chi connectivity index (χ3v) is 7.69. The Kier molecular flexibility index (Phi) is 5.64. The average molecular weight is 471 g/mol. The molecule has 0 aliphatic rings. The molecule has 0 aliphatic carbocycles. The zero-order valence-corrected chi connectivity index (χ0v) is 19.5. The SMILES string of the molecule is COc1c(C)cc(-c2c(-c3ccc(S(C)(=O)=O)cc3)sc3ccccc3c2=O)cc1Cl. The van der Waals surface area contributed by atoms with Crippen molar-refractivity contribution in [2.45, 2.75) is 11.8 Å². The summed E-state index contributed by atoms with van der Waals surface area (Å²) in [5.41, 5.74) is 2.71. The molecule has 0 saturated heterocycles. The molecule has 7 heteroatoms. The molecule has 0 aliphatic heterocycles. The summed E-state index contributed by atoms with van der Waals surface area (Å²) in [5.74, 6) is 0.571. The van der Waals surface area contributed by atoms with E-state index in [0.717, 1.165) is 20.7 Å². The van der Waals surface area contributed by atoms with E-state index in [-0.39, 0.29) is 10.3 Å². The number of fused-ring (bicyclic) bond motifs is 1. The first-order valence-electron chi connectivity index (χ1n) is 9.41. The fraction of sp³-hybridized carbons (Fsp3) is 0.125. The van der Waals surface area contributed by atoms with Crippen molar-refractivity contribution in [1.82, 2.24) is 0 Å². The minimum Gasteiger partial charge on any atom is -0.495 e. The number of rotatable bonds is 4. The largest absolute Gasteiger partial charge is 0.495 e. The Balaban J connectivity index is 2.05. The van der Waals surface area contributed by atoms with Crippen LogP contribution in [0.3, 0.4) is 0 Å². The lowest BCUT2D eigenvalue weighted by Gasteiger charge is -2.14. The Morgan fingerprint density at radius 3 is 2.26 bits per heavy atom. The maximum atomic E-state index is 13.6. The predicted molar refractivity (Wildman–Crippen MR) is 128 cm³/mol. The van der Waals surface area contributed by atoms with Gasteiger partial charge in [0.2, 0.25) is 0 Å². The van der Waals surface area contributed by atoms with E-state index in [1.807, 2.05) is 37.3 Å². The van der Waals surface area contributed by atoms with E-state index in [9.17, 15) is 13.2 Å². The number of halogens is 1. The molecule has 0 radical (unpaired) electrons. The molecule has 0 bridgehead atoms. The molecule has 0 saturated carbocycles. The lowest BCUT2D eigenvalue weighted by molar-refractivity contribution is 0.412. The highest BCUT2D eigenvalue weighted by molar-refractivity contribution is 7.90. The van der Waals surface area contributed by atoms with Gasteiger partial charge in [0.15, 0.2) is 15.3 Å². The van der Waals surface area contributed by atoms with Crippen molar-refractivity contribution < 1.29 is 13.2 Å². The van der Waals surface area contributed by atoms with Crippen molar-refractivity contribution in [2.24, 2.45) is 0 Å². The van der Waals surface area contributed by atoms with E-state index in [1.165, 1.54) is 17.6 Å². The lowest BCUT2D eigenvalue weighted by atomic mass is 9.98. The van der Waals surface area contributed by atoms with Gasteiger partial charge in [0.05, 0.1) is 17.0 Å². The van der Waals surface area contributed by atoms with Gasteiger partial charge in [-0.15, -0.1) is 11.3 Å². The van der Waals surface area contributed by atoms with Crippen LogP contribution in [0.25, 0.3) is 31.7 Å². The number of hydrogen-bond acceptors (Lipinski definition) is 5. The van der Waals surface area contributed by atoms with Crippen LogP contribution in [-0.4, -0.2) is 21.8 Å². The molecular weight excluding hydrogens is 452 g/mol. The first-order valence-corrected chi connectivity index (χ1v) is 12.5. The summed E-state index contributed by atoms with van der Waals surface area (Å²) in [6.07, 6.45) is 1.17. The van der Waals surface area contributed by atoms with Gasteiger partial charge in [-0.1, -0.05) is 35.9 Å². The number of benzene rings is 3. The summed E-state index contributed by atoms with van der Waals surface area (Å²) in [6.45, 7) is 1.88. The van der Waals surface area contributed by atoms with Crippen LogP contribution in [0.5, 0.6) is 5.75 Å². The molecule has 0 amide bonds. The first-order chi connectivity index (χ1) is 14.7. The molecule has 0 unspecified atom stereocenters. The Labute approximate surface area is 189 Å². The molecule has 3 aromatic carbocycles. The highest BCUT2D eigenvalue weighted by Crippen LogP contribution is 2.40. The topological polar surface area (TPSA) is 60.4 Å². The van der Waals surface area contributed by atoms with E-state index < -0.39 is 9.84 Å². The van der Waals surface area contributed by atoms with Gasteiger partial charge in [-0.2, -0.15) is 0 Å². The third kappa shape index (κ3) is 3.99. The van der Waals surface area contributed by atoms with Crippen LogP contribution in [0.2, 0.25) is 5.02 Å². The van der Waals surface area contributed by atoms with Crippen LogP contribution < -0.4 is 10.2 Å². The zero-order valence-electron chi connectivity index (χ0n) is 17.1. The normalized spacial score (nSPS) is 11.6. The van der Waals surface area contributed by atoms with Crippen LogP contribution in [0, 0.1) is 6.92 Å². The maximum absolute atomic E-state index is 13.6. The molecule has 0 spiro atoms. The number of hydrogen-bond donors (Lipinski definition) is 0. The van der Waals surface area contributed by atoms with Gasteiger partial charge >= 0.3 is 0 Å². The standard InChI is InChI=1S/C24H19ClO4S2/c1-14-12-16(13-19(25)23(14)29-2)21-22(26)18-6-4-5-7-20(18)30-24(21)15-8-10-17(11-9-15)31(3,27)28/h4-13H,1-3H3. The lowest BCUT2D eigenvalue weighted by Crippen LogP contribution is -2.07. The fourth-order valence-electron chi connectivity index (χ4n) is 3.59. The second-order valence-electron chi connectivity index (χ2n) is 7.24. The summed E-state index contributed by atoms with van der Waals surface area (Å²) in [7, 11) is -1.76. The molecule has 1 heterocycles. The van der Waals surface area contributed by atoms with Crippen molar-refractivity contribution >= 4 is 42.9 Å². The molecule has 4 nitrogen and oxygen atoms in total. The van der Waals surface area contributed by atoms with Crippen LogP contribution in [-0.2, 0) is 9.84 Å². The molecule has 0 fully saturated rings. The van der Waals surface area contributed by atoms with Gasteiger partial charge < -0.3 is 4.74 Å². The fourth-order valence-corrected chi connectivity index (χ4v) is 5.77. The monoisotopic (exact) mass is 470 g/mol. The van der Waals surface area contributed by atoms with E-state index in [4.69, 9.17) is 16.3 Å². The van der Waals surface area contributed by atoms with Crippen LogP contribution >= 0.6 is 22.9 Å². The Morgan fingerprint density at radius 1 is 0.968 bits per heavy atom. The van der Waals surface area contributed by atoms with E-state index in [0.29, 0.717) is 27.3 Å². The van der Waals surface area contributed by atoms with E-state index in [1.54, 1.807) is 37.4 Å². The van der Waals surface area contributed by atoms with Gasteiger partial charge in [-0.05, 0) is 60.0 Å². The third-order valence-electron chi connectivity index (χ3n) is 5.06. The highest BCUT2D eigenvalue weighted by atomic mass is 35.5. The Hall–Kier alpha value is -2.67. The van der Waals surface area contributed by atoms with Gasteiger partial charge in [-0.3, -0.25) is 4.79 Å².